The van der Waals surface area contributed by atoms with Gasteiger partial charge in [0.2, 0.25) is 0 Å². The Bertz CT molecular complexity index is 858. The van der Waals surface area contributed by atoms with E-state index in [1.807, 2.05) is 23.6 Å². The van der Waals surface area contributed by atoms with Gasteiger partial charge in [0.25, 0.3) is 0 Å². The van der Waals surface area contributed by atoms with Gasteiger partial charge >= 0.3 is 0 Å². The molecule has 128 valence electrons. The maximum atomic E-state index is 10.7. The van der Waals surface area contributed by atoms with Gasteiger partial charge in [0.15, 0.2) is 11.5 Å². The monoisotopic (exact) mass is 355 g/mol. The third-order valence-electron chi connectivity index (χ3n) is 3.59. The highest BCUT2D eigenvalue weighted by atomic mass is 32.1. The van der Waals surface area contributed by atoms with Crippen molar-refractivity contribution in [2.75, 3.05) is 14.2 Å². The van der Waals surface area contributed by atoms with Gasteiger partial charge in [-0.3, -0.25) is 4.79 Å². The number of aldehydes is 1. The van der Waals surface area contributed by atoms with Crippen LogP contribution in [0.3, 0.4) is 0 Å². The number of hydrogen-bond donors (Lipinski definition) is 0. The number of carbonyl (C=O) groups excluding carboxylic acids is 1. The molecule has 3 aromatic rings. The van der Waals surface area contributed by atoms with E-state index in [4.69, 9.17) is 14.2 Å². The summed E-state index contributed by atoms with van der Waals surface area (Å²) in [6.07, 6.45) is 0.804. The molecule has 0 saturated heterocycles. The Morgan fingerprint density at radius 3 is 2.56 bits per heavy atom. The number of hydrogen-bond acceptors (Lipinski definition) is 6. The van der Waals surface area contributed by atoms with Crippen LogP contribution in [0.15, 0.2) is 47.8 Å². The van der Waals surface area contributed by atoms with Crippen LogP contribution >= 0.6 is 11.3 Å². The Hall–Kier alpha value is -2.86. The highest BCUT2D eigenvalue weighted by molar-refractivity contribution is 7.13. The number of para-hydroxylation sites is 1. The van der Waals surface area contributed by atoms with Crippen LogP contribution in [0, 0.1) is 0 Å². The molecule has 0 aliphatic rings. The van der Waals surface area contributed by atoms with Crippen molar-refractivity contribution in [2.45, 2.75) is 6.61 Å². The lowest BCUT2D eigenvalue weighted by Crippen LogP contribution is -1.96. The van der Waals surface area contributed by atoms with Crippen LogP contribution in [-0.4, -0.2) is 25.5 Å². The average Bonchev–Trinajstić information content (AvgIpc) is 3.14. The van der Waals surface area contributed by atoms with Crippen LogP contribution in [0.5, 0.6) is 17.2 Å². The summed E-state index contributed by atoms with van der Waals surface area (Å²) in [5.74, 6) is 2.03. The van der Waals surface area contributed by atoms with E-state index in [1.165, 1.54) is 11.3 Å². The summed E-state index contributed by atoms with van der Waals surface area (Å²) >= 11 is 1.52. The Labute approximate surface area is 149 Å². The number of rotatable bonds is 7. The van der Waals surface area contributed by atoms with Crippen molar-refractivity contribution >= 4 is 17.6 Å². The summed E-state index contributed by atoms with van der Waals surface area (Å²) in [6, 6.07) is 12.7. The summed E-state index contributed by atoms with van der Waals surface area (Å²) < 4.78 is 16.5. The summed E-state index contributed by atoms with van der Waals surface area (Å²) in [4.78, 5) is 15.3. The standard InChI is InChI=1S/C19H17NO4S/c1-22-17-5-3-4-16(18(17)23-2)19-20-14(12-25-19)11-24-15-8-6-13(10-21)7-9-15/h3-10,12H,11H2,1-2H3. The van der Waals surface area contributed by atoms with Crippen molar-refractivity contribution in [3.63, 3.8) is 0 Å². The smallest absolute Gasteiger partial charge is 0.170 e. The molecule has 0 fully saturated rings. The predicted molar refractivity (Wildman–Crippen MR) is 96.8 cm³/mol. The van der Waals surface area contributed by atoms with Crippen molar-refractivity contribution in [3.05, 3.63) is 59.1 Å². The minimum atomic E-state index is 0.350. The van der Waals surface area contributed by atoms with E-state index in [0.29, 0.717) is 29.4 Å². The van der Waals surface area contributed by atoms with Gasteiger partial charge in [0.05, 0.1) is 25.5 Å². The number of benzene rings is 2. The molecule has 1 heterocycles. The quantitative estimate of drug-likeness (QED) is 0.594. The molecular weight excluding hydrogens is 338 g/mol. The fourth-order valence-corrected chi connectivity index (χ4v) is 3.18. The molecule has 25 heavy (non-hydrogen) atoms. The second-order valence-electron chi connectivity index (χ2n) is 5.16. The molecule has 0 aliphatic heterocycles. The number of carbonyl (C=O) groups is 1. The average molecular weight is 355 g/mol. The van der Waals surface area contributed by atoms with E-state index in [2.05, 4.69) is 4.98 Å². The van der Waals surface area contributed by atoms with Crippen molar-refractivity contribution in [1.82, 2.24) is 4.98 Å². The topological polar surface area (TPSA) is 57.7 Å². The Morgan fingerprint density at radius 1 is 1.08 bits per heavy atom. The Kier molecular flexibility index (Phi) is 5.30. The summed E-state index contributed by atoms with van der Waals surface area (Å²) in [5.41, 5.74) is 2.33. The minimum absolute atomic E-state index is 0.350. The first kappa shape index (κ1) is 17.0. The van der Waals surface area contributed by atoms with Gasteiger partial charge in [-0.05, 0) is 36.4 Å². The third kappa shape index (κ3) is 3.80. The molecule has 0 bridgehead atoms. The molecule has 0 aliphatic carbocycles. The van der Waals surface area contributed by atoms with Crippen molar-refractivity contribution in [1.29, 1.82) is 0 Å². The largest absolute Gasteiger partial charge is 0.493 e. The van der Waals surface area contributed by atoms with Gasteiger partial charge in [0.1, 0.15) is 23.7 Å². The zero-order valence-electron chi connectivity index (χ0n) is 13.9. The summed E-state index contributed by atoms with van der Waals surface area (Å²) in [7, 11) is 3.22. The highest BCUT2D eigenvalue weighted by Crippen LogP contribution is 2.39. The van der Waals surface area contributed by atoms with Gasteiger partial charge in [-0.25, -0.2) is 4.98 Å². The van der Waals surface area contributed by atoms with Crippen LogP contribution in [0.1, 0.15) is 16.1 Å². The van der Waals surface area contributed by atoms with Crippen LogP contribution in [0.2, 0.25) is 0 Å². The molecule has 0 spiro atoms. The van der Waals surface area contributed by atoms with Crippen molar-refractivity contribution in [2.24, 2.45) is 0 Å². The number of nitrogens with zero attached hydrogens (tertiary/aromatic N) is 1. The third-order valence-corrected chi connectivity index (χ3v) is 4.51. The number of thiazole rings is 1. The maximum absolute atomic E-state index is 10.7. The SMILES string of the molecule is COc1cccc(-c2nc(COc3ccc(C=O)cc3)cs2)c1OC. The van der Waals surface area contributed by atoms with Crippen LogP contribution < -0.4 is 14.2 Å². The summed E-state index contributed by atoms with van der Waals surface area (Å²) in [6.45, 7) is 0.350. The Balaban J connectivity index is 1.75. The molecule has 3 rings (SSSR count). The first-order valence-electron chi connectivity index (χ1n) is 7.59. The molecule has 1 aromatic heterocycles. The molecule has 0 radical (unpaired) electrons. The predicted octanol–water partition coefficient (Wildman–Crippen LogP) is 4.22. The molecule has 5 nitrogen and oxygen atoms in total. The molecule has 2 aromatic carbocycles. The lowest BCUT2D eigenvalue weighted by Gasteiger charge is -2.10. The van der Waals surface area contributed by atoms with Crippen LogP contribution in [-0.2, 0) is 6.61 Å². The second kappa shape index (κ2) is 7.81. The van der Waals surface area contributed by atoms with E-state index in [1.54, 1.807) is 38.5 Å². The van der Waals surface area contributed by atoms with Gasteiger partial charge in [-0.2, -0.15) is 0 Å². The lowest BCUT2D eigenvalue weighted by atomic mass is 10.2. The first-order chi connectivity index (χ1) is 12.2. The molecule has 0 N–H and O–H groups in total. The van der Waals surface area contributed by atoms with Gasteiger partial charge in [-0.1, -0.05) is 6.07 Å². The first-order valence-corrected chi connectivity index (χ1v) is 8.47. The number of methoxy groups -OCH3 is 2. The van der Waals surface area contributed by atoms with E-state index in [-0.39, 0.29) is 0 Å². The Morgan fingerprint density at radius 2 is 1.88 bits per heavy atom. The van der Waals surface area contributed by atoms with E-state index in [0.717, 1.165) is 22.6 Å². The molecule has 6 heteroatoms. The fourth-order valence-electron chi connectivity index (χ4n) is 2.35. The zero-order valence-corrected chi connectivity index (χ0v) is 14.7. The summed E-state index contributed by atoms with van der Waals surface area (Å²) in [5, 5.41) is 2.79. The molecule has 0 unspecified atom stereocenters. The maximum Gasteiger partial charge on any atom is 0.170 e. The van der Waals surface area contributed by atoms with E-state index >= 15 is 0 Å². The second-order valence-corrected chi connectivity index (χ2v) is 6.02. The normalized spacial score (nSPS) is 10.3. The van der Waals surface area contributed by atoms with E-state index in [9.17, 15) is 4.79 Å². The molecular formula is C19H17NO4S. The van der Waals surface area contributed by atoms with Gasteiger partial charge in [0, 0.05) is 10.9 Å². The number of ether oxygens (including phenoxy) is 3. The molecule has 0 saturated carbocycles. The molecule has 0 atom stereocenters. The van der Waals surface area contributed by atoms with E-state index < -0.39 is 0 Å². The van der Waals surface area contributed by atoms with Crippen LogP contribution in [0.4, 0.5) is 0 Å². The van der Waals surface area contributed by atoms with Gasteiger partial charge in [-0.15, -0.1) is 11.3 Å². The van der Waals surface area contributed by atoms with Crippen LogP contribution in [0.25, 0.3) is 10.6 Å². The number of aromatic nitrogens is 1. The van der Waals surface area contributed by atoms with Crippen molar-refractivity contribution < 1.29 is 19.0 Å². The molecule has 0 amide bonds. The minimum Gasteiger partial charge on any atom is -0.493 e. The highest BCUT2D eigenvalue weighted by Gasteiger charge is 2.14. The lowest BCUT2D eigenvalue weighted by molar-refractivity contribution is 0.112. The van der Waals surface area contributed by atoms with Crippen molar-refractivity contribution in [3.8, 4) is 27.8 Å². The zero-order chi connectivity index (χ0) is 17.6. The van der Waals surface area contributed by atoms with Gasteiger partial charge < -0.3 is 14.2 Å². The fraction of sp³-hybridized carbons (Fsp3) is 0.158.